The van der Waals surface area contributed by atoms with Crippen molar-refractivity contribution >= 4 is 44.9 Å². The molecule has 6 aromatic rings. The van der Waals surface area contributed by atoms with Crippen molar-refractivity contribution in [1.82, 2.24) is 35.1 Å². The van der Waals surface area contributed by atoms with Crippen LogP contribution >= 0.6 is 11.3 Å². The molecule has 3 N–H and O–H groups in total. The first-order chi connectivity index (χ1) is 17.6. The van der Waals surface area contributed by atoms with Crippen LogP contribution in [0.25, 0.3) is 56.0 Å². The SMILES string of the molecule is CCCC(=O)Nc1cncc(-c2ncc3[nH]nc(-c4nc5c(-c6ccsc6)nccc5[nH]4)c3c2F)c1. The van der Waals surface area contributed by atoms with Gasteiger partial charge in [-0.05, 0) is 30.0 Å². The summed E-state index contributed by atoms with van der Waals surface area (Å²) in [5.41, 5.74) is 4.93. The quantitative estimate of drug-likeness (QED) is 0.276. The molecular formula is C25H19FN8OS. The molecule has 0 saturated heterocycles. The molecule has 178 valence electrons. The summed E-state index contributed by atoms with van der Waals surface area (Å²) in [6.45, 7) is 1.92. The fourth-order valence-electron chi connectivity index (χ4n) is 4.09. The van der Waals surface area contributed by atoms with Gasteiger partial charge in [-0.25, -0.2) is 9.37 Å². The Kier molecular flexibility index (Phi) is 5.45. The average Bonchev–Trinajstić information content (AvgIpc) is 3.63. The standard InChI is InChI=1S/C25H19FN8OS/c1-2-3-18(35)30-15-8-14(9-27-10-15)21-20(26)19-17(11-29-21)33-34-24(19)25-31-16-4-6-28-22(23(16)32-25)13-5-7-36-12-13/h4-12H,2-3H2,1H3,(H,30,35)(H,31,32)(H,33,34). The maximum atomic E-state index is 15.9. The second kappa shape index (κ2) is 8.93. The lowest BCUT2D eigenvalue weighted by Crippen LogP contribution is -2.10. The summed E-state index contributed by atoms with van der Waals surface area (Å²) in [6.07, 6.45) is 7.37. The second-order valence-electron chi connectivity index (χ2n) is 8.20. The fourth-order valence-corrected chi connectivity index (χ4v) is 4.73. The van der Waals surface area contributed by atoms with E-state index in [1.807, 2.05) is 29.8 Å². The maximum absolute atomic E-state index is 15.9. The number of anilines is 1. The number of pyridine rings is 3. The Balaban J connectivity index is 1.44. The summed E-state index contributed by atoms with van der Waals surface area (Å²) in [5.74, 6) is -0.277. The van der Waals surface area contributed by atoms with E-state index in [4.69, 9.17) is 4.98 Å². The van der Waals surface area contributed by atoms with E-state index in [0.29, 0.717) is 40.2 Å². The number of amides is 1. The number of H-pyrrole nitrogens is 2. The van der Waals surface area contributed by atoms with E-state index in [1.165, 1.54) is 18.6 Å². The summed E-state index contributed by atoms with van der Waals surface area (Å²) in [5, 5.41) is 14.2. The third-order valence-electron chi connectivity index (χ3n) is 5.74. The van der Waals surface area contributed by atoms with Gasteiger partial charge in [0.15, 0.2) is 11.6 Å². The van der Waals surface area contributed by atoms with Crippen molar-refractivity contribution in [2.24, 2.45) is 0 Å². The van der Waals surface area contributed by atoms with E-state index >= 15 is 4.39 Å². The number of nitrogens with zero attached hydrogens (tertiary/aromatic N) is 5. The van der Waals surface area contributed by atoms with Gasteiger partial charge in [-0.15, -0.1) is 0 Å². The number of halogens is 1. The summed E-state index contributed by atoms with van der Waals surface area (Å²) in [6, 6.07) is 5.45. The highest BCUT2D eigenvalue weighted by atomic mass is 32.1. The van der Waals surface area contributed by atoms with Crippen LogP contribution in [0, 0.1) is 5.82 Å². The van der Waals surface area contributed by atoms with Crippen LogP contribution in [0.5, 0.6) is 0 Å². The van der Waals surface area contributed by atoms with Gasteiger partial charge in [0.05, 0.1) is 40.2 Å². The molecule has 0 aliphatic rings. The third-order valence-corrected chi connectivity index (χ3v) is 6.42. The lowest BCUT2D eigenvalue weighted by Gasteiger charge is -2.07. The minimum absolute atomic E-state index is 0.0981. The molecular weight excluding hydrogens is 479 g/mol. The highest BCUT2D eigenvalue weighted by Crippen LogP contribution is 2.34. The normalized spacial score (nSPS) is 11.4. The predicted molar refractivity (Wildman–Crippen MR) is 137 cm³/mol. The fraction of sp³-hybridized carbons (Fsp3) is 0.120. The lowest BCUT2D eigenvalue weighted by atomic mass is 10.1. The molecule has 0 aliphatic carbocycles. The van der Waals surface area contributed by atoms with Gasteiger partial charge in [-0.2, -0.15) is 16.4 Å². The first kappa shape index (κ1) is 22.0. The smallest absolute Gasteiger partial charge is 0.224 e. The Bertz CT molecular complexity index is 1720. The van der Waals surface area contributed by atoms with E-state index in [-0.39, 0.29) is 17.0 Å². The molecule has 6 rings (SSSR count). The molecule has 0 radical (unpaired) electrons. The zero-order valence-corrected chi connectivity index (χ0v) is 19.9. The van der Waals surface area contributed by atoms with Gasteiger partial charge < -0.3 is 10.3 Å². The molecule has 0 saturated carbocycles. The Hall–Kier alpha value is -4.51. The molecule has 9 nitrogen and oxygen atoms in total. The van der Waals surface area contributed by atoms with Gasteiger partial charge in [0.25, 0.3) is 0 Å². The van der Waals surface area contributed by atoms with Crippen LogP contribution in [-0.4, -0.2) is 41.0 Å². The average molecular weight is 499 g/mol. The van der Waals surface area contributed by atoms with E-state index in [2.05, 4.69) is 35.5 Å². The number of nitrogens with one attached hydrogen (secondary N) is 3. The lowest BCUT2D eigenvalue weighted by molar-refractivity contribution is -0.116. The van der Waals surface area contributed by atoms with Gasteiger partial charge in [-0.3, -0.25) is 24.8 Å². The number of rotatable bonds is 6. The number of hydrogen-bond acceptors (Lipinski definition) is 7. The number of carbonyl (C=O) groups is 1. The number of aromatic nitrogens is 7. The molecule has 36 heavy (non-hydrogen) atoms. The summed E-state index contributed by atoms with van der Waals surface area (Å²) in [4.78, 5) is 32.9. The largest absolute Gasteiger partial charge is 0.336 e. The van der Waals surface area contributed by atoms with Crippen LogP contribution in [0.3, 0.4) is 0 Å². The topological polar surface area (TPSA) is 125 Å². The molecule has 0 aliphatic heterocycles. The van der Waals surface area contributed by atoms with Gasteiger partial charge >= 0.3 is 0 Å². The van der Waals surface area contributed by atoms with E-state index in [9.17, 15) is 4.79 Å². The summed E-state index contributed by atoms with van der Waals surface area (Å²) >= 11 is 1.58. The van der Waals surface area contributed by atoms with Crippen molar-refractivity contribution in [2.45, 2.75) is 19.8 Å². The molecule has 0 spiro atoms. The molecule has 11 heteroatoms. The minimum atomic E-state index is -0.563. The number of hydrogen-bond donors (Lipinski definition) is 3. The molecule has 0 aromatic carbocycles. The maximum Gasteiger partial charge on any atom is 0.224 e. The minimum Gasteiger partial charge on any atom is -0.336 e. The molecule has 1 amide bonds. The highest BCUT2D eigenvalue weighted by molar-refractivity contribution is 7.08. The molecule has 0 bridgehead atoms. The van der Waals surface area contributed by atoms with Gasteiger partial charge in [0.1, 0.15) is 16.9 Å². The Morgan fingerprint density at radius 3 is 2.83 bits per heavy atom. The zero-order valence-electron chi connectivity index (χ0n) is 19.0. The van der Waals surface area contributed by atoms with Crippen LogP contribution in [0.15, 0.2) is 53.7 Å². The predicted octanol–water partition coefficient (Wildman–Crippen LogP) is 5.56. The van der Waals surface area contributed by atoms with Crippen molar-refractivity contribution in [3.8, 4) is 34.0 Å². The Morgan fingerprint density at radius 2 is 2.00 bits per heavy atom. The number of thiophene rings is 1. The number of carbonyl (C=O) groups excluding carboxylic acids is 1. The Labute approximate surface area is 207 Å². The van der Waals surface area contributed by atoms with Crippen molar-refractivity contribution in [2.75, 3.05) is 5.32 Å². The first-order valence-electron chi connectivity index (χ1n) is 11.3. The van der Waals surface area contributed by atoms with Crippen molar-refractivity contribution in [3.63, 3.8) is 0 Å². The highest BCUT2D eigenvalue weighted by Gasteiger charge is 2.21. The molecule has 0 fully saturated rings. The third kappa shape index (κ3) is 3.79. The van der Waals surface area contributed by atoms with Crippen molar-refractivity contribution in [1.29, 1.82) is 0 Å². The number of fused-ring (bicyclic) bond motifs is 2. The van der Waals surface area contributed by atoms with E-state index in [0.717, 1.165) is 23.2 Å². The summed E-state index contributed by atoms with van der Waals surface area (Å²) in [7, 11) is 0. The van der Waals surface area contributed by atoms with Crippen LogP contribution < -0.4 is 5.32 Å². The zero-order chi connectivity index (χ0) is 24.6. The van der Waals surface area contributed by atoms with Gasteiger partial charge in [-0.1, -0.05) is 6.92 Å². The number of imidazole rings is 1. The first-order valence-corrected chi connectivity index (χ1v) is 12.2. The van der Waals surface area contributed by atoms with Crippen LogP contribution in [0.2, 0.25) is 0 Å². The molecule has 0 unspecified atom stereocenters. The Morgan fingerprint density at radius 1 is 1.08 bits per heavy atom. The van der Waals surface area contributed by atoms with Crippen LogP contribution in [0.4, 0.5) is 10.1 Å². The van der Waals surface area contributed by atoms with Gasteiger partial charge in [0, 0.05) is 35.3 Å². The molecule has 0 atom stereocenters. The van der Waals surface area contributed by atoms with E-state index < -0.39 is 5.82 Å². The van der Waals surface area contributed by atoms with Gasteiger partial charge in [0.2, 0.25) is 5.91 Å². The van der Waals surface area contributed by atoms with E-state index in [1.54, 1.807) is 23.6 Å². The van der Waals surface area contributed by atoms with Crippen LogP contribution in [-0.2, 0) is 4.79 Å². The van der Waals surface area contributed by atoms with Crippen molar-refractivity contribution < 1.29 is 9.18 Å². The summed E-state index contributed by atoms with van der Waals surface area (Å²) < 4.78 is 15.9. The second-order valence-corrected chi connectivity index (χ2v) is 8.98. The van der Waals surface area contributed by atoms with Crippen LogP contribution in [0.1, 0.15) is 19.8 Å². The molecule has 6 heterocycles. The van der Waals surface area contributed by atoms with Crippen molar-refractivity contribution in [3.05, 3.63) is 59.6 Å². The molecule has 6 aromatic heterocycles. The monoisotopic (exact) mass is 498 g/mol. The number of aromatic amines is 2.